The number of carboxylic acid groups (broad SMARTS) is 1. The summed E-state index contributed by atoms with van der Waals surface area (Å²) in [5.74, 6) is -1.22. The van der Waals surface area contributed by atoms with Crippen LogP contribution in [0, 0.1) is 5.92 Å². The first kappa shape index (κ1) is 14.7. The van der Waals surface area contributed by atoms with Gasteiger partial charge in [-0.05, 0) is 23.8 Å². The predicted molar refractivity (Wildman–Crippen MR) is 71.7 cm³/mol. The van der Waals surface area contributed by atoms with Crippen molar-refractivity contribution in [2.45, 2.75) is 39.2 Å². The minimum atomic E-state index is -0.964. The number of nitrogens with one attached hydrogen (secondary N) is 1. The normalized spacial score (nSPS) is 13.9. The molecule has 0 fully saturated rings. The smallest absolute Gasteiger partial charge is 0.326 e. The fourth-order valence-electron chi connectivity index (χ4n) is 1.62. The molecule has 0 aliphatic rings. The Morgan fingerprint density at radius 2 is 2.22 bits per heavy atom. The summed E-state index contributed by atoms with van der Waals surface area (Å²) in [6.45, 7) is 3.75. The maximum absolute atomic E-state index is 11.7. The van der Waals surface area contributed by atoms with Crippen LogP contribution in [0.1, 0.15) is 31.6 Å². The zero-order chi connectivity index (χ0) is 13.5. The molecule has 2 N–H and O–H groups in total. The first-order valence-corrected chi connectivity index (χ1v) is 6.97. The molecule has 1 rings (SSSR count). The minimum Gasteiger partial charge on any atom is -0.480 e. The van der Waals surface area contributed by atoms with E-state index in [2.05, 4.69) is 5.32 Å². The molecule has 2 atom stereocenters. The first-order chi connectivity index (χ1) is 8.54. The Hall–Kier alpha value is -1.36. The number of rotatable bonds is 7. The largest absolute Gasteiger partial charge is 0.480 e. The second kappa shape index (κ2) is 7.16. The van der Waals surface area contributed by atoms with Gasteiger partial charge < -0.3 is 10.4 Å². The van der Waals surface area contributed by atoms with Gasteiger partial charge in [0, 0.05) is 11.3 Å². The average molecular weight is 269 g/mol. The van der Waals surface area contributed by atoms with Crippen LogP contribution in [0.2, 0.25) is 0 Å². The molecule has 0 aliphatic carbocycles. The van der Waals surface area contributed by atoms with E-state index in [0.717, 1.165) is 11.3 Å². The average Bonchev–Trinajstić information content (AvgIpc) is 2.85. The number of aryl methyl sites for hydroxylation is 1. The molecule has 0 aliphatic heterocycles. The Morgan fingerprint density at radius 3 is 2.72 bits per heavy atom. The van der Waals surface area contributed by atoms with Gasteiger partial charge in [-0.15, -0.1) is 11.3 Å². The van der Waals surface area contributed by atoms with Gasteiger partial charge in [0.2, 0.25) is 5.91 Å². The molecule has 18 heavy (non-hydrogen) atoms. The molecule has 0 saturated carbocycles. The third-order valence-corrected chi connectivity index (χ3v) is 3.91. The van der Waals surface area contributed by atoms with Crippen molar-refractivity contribution in [3.05, 3.63) is 22.4 Å². The third kappa shape index (κ3) is 4.49. The van der Waals surface area contributed by atoms with Crippen molar-refractivity contribution in [2.24, 2.45) is 5.92 Å². The number of carbonyl (C=O) groups excluding carboxylic acids is 1. The number of aliphatic carboxylic acids is 1. The molecule has 0 bridgehead atoms. The van der Waals surface area contributed by atoms with E-state index in [1.807, 2.05) is 31.4 Å². The first-order valence-electron chi connectivity index (χ1n) is 6.09. The van der Waals surface area contributed by atoms with Gasteiger partial charge in [-0.25, -0.2) is 4.79 Å². The predicted octanol–water partition coefficient (Wildman–Crippen LogP) is 2.30. The molecule has 0 radical (unpaired) electrons. The summed E-state index contributed by atoms with van der Waals surface area (Å²) in [5, 5.41) is 13.6. The SMILES string of the molecule is CC[C@H](C)[C@H](NC(=O)CCc1cccs1)C(=O)O. The molecule has 0 unspecified atom stereocenters. The van der Waals surface area contributed by atoms with Crippen LogP contribution in [0.3, 0.4) is 0 Å². The monoisotopic (exact) mass is 269 g/mol. The second-order valence-electron chi connectivity index (χ2n) is 4.35. The van der Waals surface area contributed by atoms with Crippen molar-refractivity contribution in [3.8, 4) is 0 Å². The van der Waals surface area contributed by atoms with Crippen molar-refractivity contribution in [2.75, 3.05) is 0 Å². The highest BCUT2D eigenvalue weighted by Gasteiger charge is 2.24. The molecule has 5 heteroatoms. The Labute approximate surface area is 111 Å². The van der Waals surface area contributed by atoms with Crippen LogP contribution in [0.25, 0.3) is 0 Å². The van der Waals surface area contributed by atoms with E-state index in [1.165, 1.54) is 0 Å². The Bertz CT molecular complexity index is 389. The van der Waals surface area contributed by atoms with E-state index in [-0.39, 0.29) is 11.8 Å². The van der Waals surface area contributed by atoms with Crippen LogP contribution < -0.4 is 5.32 Å². The highest BCUT2D eigenvalue weighted by atomic mass is 32.1. The maximum Gasteiger partial charge on any atom is 0.326 e. The Kier molecular flexibility index (Phi) is 5.85. The van der Waals surface area contributed by atoms with Crippen LogP contribution in [0.4, 0.5) is 0 Å². The van der Waals surface area contributed by atoms with E-state index >= 15 is 0 Å². The second-order valence-corrected chi connectivity index (χ2v) is 5.38. The standard InChI is InChI=1S/C13H19NO3S/c1-3-9(2)12(13(16)17)14-11(15)7-6-10-5-4-8-18-10/h4-5,8-9,12H,3,6-7H2,1-2H3,(H,14,15)(H,16,17)/t9-,12-/m0/s1. The molecular formula is C13H19NO3S. The summed E-state index contributed by atoms with van der Waals surface area (Å²) in [5.41, 5.74) is 0. The topological polar surface area (TPSA) is 66.4 Å². The van der Waals surface area contributed by atoms with Gasteiger partial charge in [0.15, 0.2) is 0 Å². The van der Waals surface area contributed by atoms with E-state index < -0.39 is 12.0 Å². The lowest BCUT2D eigenvalue weighted by molar-refractivity contribution is -0.143. The number of hydrogen-bond donors (Lipinski definition) is 2. The van der Waals surface area contributed by atoms with Crippen molar-refractivity contribution in [1.82, 2.24) is 5.32 Å². The quantitative estimate of drug-likeness (QED) is 0.798. The number of thiophene rings is 1. The fraction of sp³-hybridized carbons (Fsp3) is 0.538. The van der Waals surface area contributed by atoms with Crippen LogP contribution in [0.15, 0.2) is 17.5 Å². The highest BCUT2D eigenvalue weighted by Crippen LogP contribution is 2.12. The Morgan fingerprint density at radius 1 is 1.50 bits per heavy atom. The lowest BCUT2D eigenvalue weighted by Crippen LogP contribution is -2.45. The molecular weight excluding hydrogens is 250 g/mol. The molecule has 0 saturated heterocycles. The molecule has 1 heterocycles. The van der Waals surface area contributed by atoms with Crippen molar-refractivity contribution >= 4 is 23.2 Å². The number of carboxylic acids is 1. The van der Waals surface area contributed by atoms with Gasteiger partial charge >= 0.3 is 5.97 Å². The van der Waals surface area contributed by atoms with Gasteiger partial charge in [-0.1, -0.05) is 26.3 Å². The summed E-state index contributed by atoms with van der Waals surface area (Å²) < 4.78 is 0. The summed E-state index contributed by atoms with van der Waals surface area (Å²) in [6, 6.07) is 3.13. The number of amides is 1. The van der Waals surface area contributed by atoms with Gasteiger partial charge in [0.1, 0.15) is 6.04 Å². The lowest BCUT2D eigenvalue weighted by atomic mass is 9.99. The summed E-state index contributed by atoms with van der Waals surface area (Å²) >= 11 is 1.60. The van der Waals surface area contributed by atoms with Gasteiger partial charge in [0.25, 0.3) is 0 Å². The van der Waals surface area contributed by atoms with Gasteiger partial charge in [-0.3, -0.25) is 4.79 Å². The zero-order valence-electron chi connectivity index (χ0n) is 10.7. The van der Waals surface area contributed by atoms with Crippen molar-refractivity contribution < 1.29 is 14.7 Å². The summed E-state index contributed by atoms with van der Waals surface area (Å²) in [4.78, 5) is 23.9. The van der Waals surface area contributed by atoms with E-state index in [9.17, 15) is 9.59 Å². The van der Waals surface area contributed by atoms with Crippen LogP contribution in [-0.4, -0.2) is 23.0 Å². The van der Waals surface area contributed by atoms with Gasteiger partial charge in [-0.2, -0.15) is 0 Å². The number of carbonyl (C=O) groups is 2. The third-order valence-electron chi connectivity index (χ3n) is 2.97. The minimum absolute atomic E-state index is 0.0619. The molecule has 1 aromatic rings. The zero-order valence-corrected chi connectivity index (χ0v) is 11.5. The van der Waals surface area contributed by atoms with E-state index in [4.69, 9.17) is 5.11 Å². The molecule has 4 nitrogen and oxygen atoms in total. The van der Waals surface area contributed by atoms with Gasteiger partial charge in [0.05, 0.1) is 0 Å². The van der Waals surface area contributed by atoms with E-state index in [1.54, 1.807) is 11.3 Å². The molecule has 0 aromatic carbocycles. The van der Waals surface area contributed by atoms with Crippen LogP contribution >= 0.6 is 11.3 Å². The Balaban J connectivity index is 2.44. The summed E-state index contributed by atoms with van der Waals surface area (Å²) in [6.07, 6.45) is 1.72. The molecule has 100 valence electrons. The van der Waals surface area contributed by atoms with Crippen molar-refractivity contribution in [1.29, 1.82) is 0 Å². The van der Waals surface area contributed by atoms with Crippen LogP contribution in [-0.2, 0) is 16.0 Å². The highest BCUT2D eigenvalue weighted by molar-refractivity contribution is 7.09. The summed E-state index contributed by atoms with van der Waals surface area (Å²) in [7, 11) is 0. The maximum atomic E-state index is 11.7. The van der Waals surface area contributed by atoms with Crippen LogP contribution in [0.5, 0.6) is 0 Å². The van der Waals surface area contributed by atoms with Crippen molar-refractivity contribution in [3.63, 3.8) is 0 Å². The molecule has 1 amide bonds. The molecule has 0 spiro atoms. The number of hydrogen-bond acceptors (Lipinski definition) is 3. The molecule has 1 aromatic heterocycles. The fourth-order valence-corrected chi connectivity index (χ4v) is 2.33. The lowest BCUT2D eigenvalue weighted by Gasteiger charge is -2.19. The van der Waals surface area contributed by atoms with E-state index in [0.29, 0.717) is 12.8 Å².